The van der Waals surface area contributed by atoms with Gasteiger partial charge in [-0.15, -0.1) is 4.36 Å². The van der Waals surface area contributed by atoms with Gasteiger partial charge in [-0.1, -0.05) is 18.2 Å². The molecule has 2 aromatic carbocycles. The van der Waals surface area contributed by atoms with Crippen molar-refractivity contribution < 1.29 is 13.7 Å². The molecule has 0 spiro atoms. The second kappa shape index (κ2) is 8.94. The fraction of sp³-hybridized carbons (Fsp3) is 0.458. The second-order valence-electron chi connectivity index (χ2n) is 8.86. The molecule has 3 aliphatic rings. The van der Waals surface area contributed by atoms with Crippen LogP contribution in [-0.4, -0.2) is 41.4 Å². The van der Waals surface area contributed by atoms with E-state index in [1.807, 2.05) is 12.1 Å². The molecule has 1 fully saturated rings. The highest BCUT2D eigenvalue weighted by Gasteiger charge is 2.25. The Morgan fingerprint density at radius 2 is 1.75 bits per heavy atom. The number of anilines is 1. The van der Waals surface area contributed by atoms with E-state index in [0.29, 0.717) is 4.90 Å². The van der Waals surface area contributed by atoms with Gasteiger partial charge in [0.1, 0.15) is 9.92 Å². The summed E-state index contributed by atoms with van der Waals surface area (Å²) >= 11 is 0. The van der Waals surface area contributed by atoms with Crippen molar-refractivity contribution in [2.45, 2.75) is 50.0 Å². The summed E-state index contributed by atoms with van der Waals surface area (Å²) in [7, 11) is -3.35. The first-order valence-electron chi connectivity index (χ1n) is 11.4. The van der Waals surface area contributed by atoms with Gasteiger partial charge in [0.05, 0.1) is 18.1 Å². The van der Waals surface area contributed by atoms with Crippen LogP contribution in [0.2, 0.25) is 0 Å². The Morgan fingerprint density at radius 1 is 1.06 bits per heavy atom. The molecular weight excluding hydrogens is 424 g/mol. The van der Waals surface area contributed by atoms with E-state index in [1.54, 1.807) is 12.1 Å². The Labute approximate surface area is 189 Å². The van der Waals surface area contributed by atoms with Gasteiger partial charge in [0.25, 0.3) is 0 Å². The number of urea groups is 1. The fourth-order valence-electron chi connectivity index (χ4n) is 5.12. The summed E-state index contributed by atoms with van der Waals surface area (Å²) < 4.78 is 22.5. The monoisotopic (exact) mass is 454 g/mol. The molecule has 1 heterocycles. The standard InChI is InChI=1S/C24H30N4O3S/c25-32(30,20-7-1-4-17(14-20)16-28-10-12-31-13-11-28)27-24(29)26-23-21-8-2-5-18(21)15-19-6-3-9-22(19)23/h1,4,7,14-15H,2-3,5-6,8-13,16H2,(H3,25,26,27,29,30)/t32-/m1/s1. The zero-order valence-electron chi connectivity index (χ0n) is 18.3. The van der Waals surface area contributed by atoms with Crippen LogP contribution in [0.5, 0.6) is 0 Å². The number of amides is 2. The van der Waals surface area contributed by atoms with E-state index in [4.69, 9.17) is 9.88 Å². The molecule has 170 valence electrons. The van der Waals surface area contributed by atoms with Crippen LogP contribution >= 0.6 is 0 Å². The Kier molecular flexibility index (Phi) is 6.03. The largest absolute Gasteiger partial charge is 0.379 e. The van der Waals surface area contributed by atoms with Crippen molar-refractivity contribution >= 4 is 21.6 Å². The van der Waals surface area contributed by atoms with Crippen LogP contribution in [0.15, 0.2) is 39.6 Å². The average Bonchev–Trinajstić information content (AvgIpc) is 3.43. The van der Waals surface area contributed by atoms with Crippen molar-refractivity contribution in [2.24, 2.45) is 9.50 Å². The maximum atomic E-state index is 13.2. The number of nitrogens with one attached hydrogen (secondary N) is 1. The number of aryl methyl sites for hydroxylation is 2. The van der Waals surface area contributed by atoms with E-state index in [-0.39, 0.29) is 0 Å². The van der Waals surface area contributed by atoms with Gasteiger partial charge in [-0.05, 0) is 78.5 Å². The van der Waals surface area contributed by atoms with Crippen LogP contribution in [0, 0.1) is 0 Å². The van der Waals surface area contributed by atoms with Gasteiger partial charge in [0.15, 0.2) is 0 Å². The van der Waals surface area contributed by atoms with Crippen LogP contribution in [0.1, 0.15) is 40.7 Å². The van der Waals surface area contributed by atoms with Crippen LogP contribution in [0.3, 0.4) is 0 Å². The topological polar surface area (TPSA) is 97.0 Å². The maximum absolute atomic E-state index is 13.2. The maximum Gasteiger partial charge on any atom is 0.354 e. The van der Waals surface area contributed by atoms with Crippen molar-refractivity contribution in [3.05, 3.63) is 58.1 Å². The summed E-state index contributed by atoms with van der Waals surface area (Å²) in [6, 6.07) is 8.95. The molecule has 5 rings (SSSR count). The number of carbonyl (C=O) groups is 1. The second-order valence-corrected chi connectivity index (χ2v) is 10.7. The first-order chi connectivity index (χ1) is 15.5. The number of carbonyl (C=O) groups excluding carboxylic acids is 1. The Morgan fingerprint density at radius 3 is 2.44 bits per heavy atom. The Balaban J connectivity index is 1.38. The van der Waals surface area contributed by atoms with E-state index in [0.717, 1.165) is 82.6 Å². The van der Waals surface area contributed by atoms with Crippen LogP contribution in [0.4, 0.5) is 10.5 Å². The van der Waals surface area contributed by atoms with Crippen LogP contribution < -0.4 is 10.5 Å². The van der Waals surface area contributed by atoms with Crippen LogP contribution in [-0.2, 0) is 46.9 Å². The summed E-state index contributed by atoms with van der Waals surface area (Å²) in [5, 5.41) is 9.05. The van der Waals surface area contributed by atoms with Gasteiger partial charge in [0, 0.05) is 25.3 Å². The molecule has 0 unspecified atom stereocenters. The van der Waals surface area contributed by atoms with Crippen LogP contribution in [0.25, 0.3) is 0 Å². The summed E-state index contributed by atoms with van der Waals surface area (Å²) in [5.41, 5.74) is 6.96. The van der Waals surface area contributed by atoms with Gasteiger partial charge in [-0.3, -0.25) is 4.90 Å². The predicted octanol–water partition coefficient (Wildman–Crippen LogP) is 3.43. The zero-order valence-corrected chi connectivity index (χ0v) is 19.1. The lowest BCUT2D eigenvalue weighted by Crippen LogP contribution is -2.35. The summed E-state index contributed by atoms with van der Waals surface area (Å²) in [4.78, 5) is 15.5. The predicted molar refractivity (Wildman–Crippen MR) is 125 cm³/mol. The number of hydrogen-bond donors (Lipinski definition) is 2. The lowest BCUT2D eigenvalue weighted by Gasteiger charge is -2.26. The van der Waals surface area contributed by atoms with E-state index in [9.17, 15) is 9.00 Å². The molecule has 0 aromatic heterocycles. The number of hydrogen-bond acceptors (Lipinski definition) is 4. The normalized spacial score (nSPS) is 19.8. The van der Waals surface area contributed by atoms with Crippen molar-refractivity contribution in [3.8, 4) is 0 Å². The van der Waals surface area contributed by atoms with Crippen molar-refractivity contribution in [1.29, 1.82) is 0 Å². The lowest BCUT2D eigenvalue weighted by molar-refractivity contribution is 0.0341. The van der Waals surface area contributed by atoms with Gasteiger partial charge < -0.3 is 10.1 Å². The molecule has 8 heteroatoms. The molecule has 1 atom stereocenters. The molecule has 0 bridgehead atoms. The third kappa shape index (κ3) is 4.45. The highest BCUT2D eigenvalue weighted by atomic mass is 32.2. The third-order valence-electron chi connectivity index (χ3n) is 6.67. The molecule has 2 amide bonds. The number of morpholine rings is 1. The van der Waals surface area contributed by atoms with E-state index in [1.165, 1.54) is 22.3 Å². The summed E-state index contributed by atoms with van der Waals surface area (Å²) in [6.07, 6.45) is 6.21. The first-order valence-corrected chi connectivity index (χ1v) is 13.0. The highest BCUT2D eigenvalue weighted by molar-refractivity contribution is 7.91. The number of nitrogens with two attached hydrogens (primary N) is 1. The number of nitrogens with zero attached hydrogens (tertiary/aromatic N) is 2. The summed E-state index contributed by atoms with van der Waals surface area (Å²) in [5.74, 6) is 0. The molecule has 3 N–H and O–H groups in total. The molecule has 2 aliphatic carbocycles. The quantitative estimate of drug-likeness (QED) is 0.740. The van der Waals surface area contributed by atoms with Gasteiger partial charge >= 0.3 is 6.03 Å². The molecule has 32 heavy (non-hydrogen) atoms. The van der Waals surface area contributed by atoms with Crippen molar-refractivity contribution in [2.75, 3.05) is 31.6 Å². The number of fused-ring (bicyclic) bond motifs is 2. The SMILES string of the molecule is N[S@@](=O)(=NC(=O)Nc1c2c(cc3c1CCC3)CCC2)c1cccc(CN2CCOCC2)c1. The number of rotatable bonds is 4. The Hall–Kier alpha value is -2.26. The first kappa shape index (κ1) is 21.6. The minimum Gasteiger partial charge on any atom is -0.379 e. The number of ether oxygens (including phenoxy) is 1. The van der Waals surface area contributed by atoms with Gasteiger partial charge in [-0.25, -0.2) is 14.1 Å². The van der Waals surface area contributed by atoms with Crippen molar-refractivity contribution in [3.63, 3.8) is 0 Å². The average molecular weight is 455 g/mol. The molecular formula is C24H30N4O3S. The fourth-order valence-corrected chi connectivity index (χ4v) is 6.11. The molecule has 0 radical (unpaired) electrons. The van der Waals surface area contributed by atoms with Crippen molar-refractivity contribution in [1.82, 2.24) is 4.90 Å². The van der Waals surface area contributed by atoms with E-state index >= 15 is 0 Å². The molecule has 1 saturated heterocycles. The highest BCUT2D eigenvalue weighted by Crippen LogP contribution is 2.38. The zero-order chi connectivity index (χ0) is 22.1. The van der Waals surface area contributed by atoms with Gasteiger partial charge in [0.2, 0.25) is 0 Å². The third-order valence-corrected chi connectivity index (χ3v) is 8.04. The van der Waals surface area contributed by atoms with E-state index < -0.39 is 15.9 Å². The molecule has 2 aromatic rings. The lowest BCUT2D eigenvalue weighted by atomic mass is 9.99. The molecule has 1 aliphatic heterocycles. The molecule has 0 saturated carbocycles. The van der Waals surface area contributed by atoms with Gasteiger partial charge in [-0.2, -0.15) is 0 Å². The summed E-state index contributed by atoms with van der Waals surface area (Å²) in [6.45, 7) is 3.88. The number of benzene rings is 2. The molecule has 7 nitrogen and oxygen atoms in total. The minimum absolute atomic E-state index is 0.377. The van der Waals surface area contributed by atoms with E-state index in [2.05, 4.69) is 20.6 Å². The Bertz CT molecular complexity index is 1130. The minimum atomic E-state index is -3.35. The smallest absolute Gasteiger partial charge is 0.354 e.